The van der Waals surface area contributed by atoms with E-state index in [-0.39, 0.29) is 6.16 Å². The van der Waals surface area contributed by atoms with Gasteiger partial charge in [-0.3, -0.25) is 4.57 Å². The SMILES string of the molecule is CCOP(=O)(Cc1cc(-n2cccn2)nc(-n2cccn2)c1)OCC. The van der Waals surface area contributed by atoms with Crippen LogP contribution in [0.5, 0.6) is 0 Å². The Balaban J connectivity index is 2.02. The third-order valence-electron chi connectivity index (χ3n) is 3.36. The van der Waals surface area contributed by atoms with Crippen molar-refractivity contribution >= 4 is 7.60 Å². The zero-order chi connectivity index (χ0) is 17.7. The predicted octanol–water partition coefficient (Wildman–Crippen LogP) is 3.22. The number of aromatic nitrogens is 5. The van der Waals surface area contributed by atoms with E-state index < -0.39 is 7.60 Å². The summed E-state index contributed by atoms with van der Waals surface area (Å²) in [6, 6.07) is 7.27. The smallest absolute Gasteiger partial charge is 0.309 e. The summed E-state index contributed by atoms with van der Waals surface area (Å²) in [6.07, 6.45) is 7.09. The molecule has 0 unspecified atom stereocenters. The van der Waals surface area contributed by atoms with Crippen LogP contribution in [0.1, 0.15) is 19.4 Å². The van der Waals surface area contributed by atoms with E-state index in [0.717, 1.165) is 5.56 Å². The van der Waals surface area contributed by atoms with Gasteiger partial charge in [-0.1, -0.05) is 0 Å². The van der Waals surface area contributed by atoms with Crippen molar-refractivity contribution in [1.29, 1.82) is 0 Å². The van der Waals surface area contributed by atoms with Crippen LogP contribution in [-0.2, 0) is 19.8 Å². The van der Waals surface area contributed by atoms with E-state index in [0.29, 0.717) is 24.8 Å². The maximum Gasteiger partial charge on any atom is 0.335 e. The van der Waals surface area contributed by atoms with Gasteiger partial charge in [0.05, 0.1) is 19.4 Å². The van der Waals surface area contributed by atoms with Crippen molar-refractivity contribution in [2.45, 2.75) is 20.0 Å². The lowest BCUT2D eigenvalue weighted by atomic mass is 10.3. The molecular formula is C16H20N5O3P. The van der Waals surface area contributed by atoms with Crippen molar-refractivity contribution in [3.63, 3.8) is 0 Å². The fourth-order valence-electron chi connectivity index (χ4n) is 2.44. The van der Waals surface area contributed by atoms with Gasteiger partial charge in [0, 0.05) is 24.8 Å². The molecule has 0 aliphatic carbocycles. The summed E-state index contributed by atoms with van der Waals surface area (Å²) in [4.78, 5) is 4.57. The lowest BCUT2D eigenvalue weighted by molar-refractivity contribution is 0.219. The molecule has 0 fully saturated rings. The summed E-state index contributed by atoms with van der Waals surface area (Å²) in [7, 11) is -3.22. The van der Waals surface area contributed by atoms with Gasteiger partial charge in [0.2, 0.25) is 0 Å². The van der Waals surface area contributed by atoms with Crippen molar-refractivity contribution in [3.8, 4) is 11.6 Å². The minimum absolute atomic E-state index is 0.153. The molecule has 9 heteroatoms. The molecule has 0 amide bonds. The number of hydrogen-bond acceptors (Lipinski definition) is 6. The standard InChI is InChI=1S/C16H20N5O3P/c1-3-23-25(22,24-4-2)13-14-11-15(20-9-5-7-17-20)19-16(12-14)21-10-6-8-18-21/h5-12H,3-4,13H2,1-2H3. The van der Waals surface area contributed by atoms with Crippen LogP contribution in [0.15, 0.2) is 49.1 Å². The maximum absolute atomic E-state index is 12.9. The molecule has 0 spiro atoms. The van der Waals surface area contributed by atoms with Crippen LogP contribution >= 0.6 is 7.60 Å². The molecule has 0 saturated carbocycles. The van der Waals surface area contributed by atoms with Gasteiger partial charge in [-0.05, 0) is 43.7 Å². The molecular weight excluding hydrogens is 341 g/mol. The van der Waals surface area contributed by atoms with Gasteiger partial charge in [0.1, 0.15) is 0 Å². The number of hydrogen-bond donors (Lipinski definition) is 0. The minimum atomic E-state index is -3.22. The Kier molecular flexibility index (Phi) is 5.43. The van der Waals surface area contributed by atoms with Crippen molar-refractivity contribution in [2.24, 2.45) is 0 Å². The fraction of sp³-hybridized carbons (Fsp3) is 0.312. The van der Waals surface area contributed by atoms with Crippen LogP contribution in [-0.4, -0.2) is 37.8 Å². The van der Waals surface area contributed by atoms with E-state index in [1.165, 1.54) is 0 Å². The molecule has 0 saturated heterocycles. The maximum atomic E-state index is 12.9. The summed E-state index contributed by atoms with van der Waals surface area (Å²) in [5.74, 6) is 1.21. The summed E-state index contributed by atoms with van der Waals surface area (Å²) in [6.45, 7) is 4.23. The van der Waals surface area contributed by atoms with Crippen LogP contribution in [0.2, 0.25) is 0 Å². The van der Waals surface area contributed by atoms with Crippen molar-refractivity contribution in [2.75, 3.05) is 13.2 Å². The quantitative estimate of drug-likeness (QED) is 0.573. The van der Waals surface area contributed by atoms with Gasteiger partial charge < -0.3 is 9.05 Å². The molecule has 0 bridgehead atoms. The van der Waals surface area contributed by atoms with Crippen LogP contribution in [0.3, 0.4) is 0 Å². The van der Waals surface area contributed by atoms with E-state index in [1.807, 2.05) is 24.3 Å². The van der Waals surface area contributed by atoms with Crippen molar-refractivity contribution in [3.05, 3.63) is 54.6 Å². The zero-order valence-electron chi connectivity index (χ0n) is 14.1. The molecule has 25 heavy (non-hydrogen) atoms. The normalized spacial score (nSPS) is 11.8. The van der Waals surface area contributed by atoms with E-state index in [9.17, 15) is 4.57 Å². The van der Waals surface area contributed by atoms with Gasteiger partial charge >= 0.3 is 7.60 Å². The Morgan fingerprint density at radius 1 is 0.960 bits per heavy atom. The number of rotatable bonds is 8. The molecule has 0 aliphatic rings. The molecule has 132 valence electrons. The second-order valence-electron chi connectivity index (χ2n) is 5.20. The highest BCUT2D eigenvalue weighted by atomic mass is 31.2. The third kappa shape index (κ3) is 4.22. The van der Waals surface area contributed by atoms with Crippen LogP contribution in [0.4, 0.5) is 0 Å². The van der Waals surface area contributed by atoms with Gasteiger partial charge in [0.25, 0.3) is 0 Å². The molecule has 0 aromatic carbocycles. The Hall–Kier alpha value is -2.28. The van der Waals surface area contributed by atoms with Crippen LogP contribution in [0.25, 0.3) is 11.6 Å². The highest BCUT2D eigenvalue weighted by molar-refractivity contribution is 7.53. The largest absolute Gasteiger partial charge is 0.335 e. The lowest BCUT2D eigenvalue weighted by Crippen LogP contribution is -2.07. The van der Waals surface area contributed by atoms with Crippen LogP contribution < -0.4 is 0 Å². The predicted molar refractivity (Wildman–Crippen MR) is 93.0 cm³/mol. The molecule has 3 aromatic rings. The first kappa shape index (κ1) is 17.5. The molecule has 3 heterocycles. The molecule has 0 atom stereocenters. The summed E-state index contributed by atoms with van der Waals surface area (Å²) in [5.41, 5.74) is 0.774. The second kappa shape index (κ2) is 7.74. The molecule has 8 nitrogen and oxygen atoms in total. The van der Waals surface area contributed by atoms with E-state index in [4.69, 9.17) is 9.05 Å². The first-order chi connectivity index (χ1) is 12.1. The fourth-order valence-corrected chi connectivity index (χ4v) is 4.11. The van der Waals surface area contributed by atoms with Gasteiger partial charge in [-0.15, -0.1) is 0 Å². The molecule has 0 N–H and O–H groups in total. The van der Waals surface area contributed by atoms with Crippen molar-refractivity contribution < 1.29 is 13.6 Å². The van der Waals surface area contributed by atoms with Gasteiger partial charge in [-0.25, -0.2) is 14.3 Å². The topological polar surface area (TPSA) is 84.1 Å². The third-order valence-corrected chi connectivity index (χ3v) is 5.42. The summed E-state index contributed by atoms with van der Waals surface area (Å²) in [5, 5.41) is 8.42. The second-order valence-corrected chi connectivity index (χ2v) is 7.25. The average molecular weight is 361 g/mol. The highest BCUT2D eigenvalue weighted by Crippen LogP contribution is 2.51. The lowest BCUT2D eigenvalue weighted by Gasteiger charge is -2.17. The van der Waals surface area contributed by atoms with E-state index in [2.05, 4.69) is 15.2 Å². The summed E-state index contributed by atoms with van der Waals surface area (Å²) >= 11 is 0. The van der Waals surface area contributed by atoms with Gasteiger partial charge in [-0.2, -0.15) is 10.2 Å². The average Bonchev–Trinajstić information content (AvgIpc) is 3.29. The van der Waals surface area contributed by atoms with E-state index >= 15 is 0 Å². The molecule has 0 aliphatic heterocycles. The first-order valence-electron chi connectivity index (χ1n) is 8.02. The monoisotopic (exact) mass is 361 g/mol. The Morgan fingerprint density at radius 3 is 1.88 bits per heavy atom. The Morgan fingerprint density at radius 2 is 1.48 bits per heavy atom. The highest BCUT2D eigenvalue weighted by Gasteiger charge is 2.25. The molecule has 3 aromatic heterocycles. The zero-order valence-corrected chi connectivity index (χ0v) is 15.0. The number of nitrogens with zero attached hydrogens (tertiary/aromatic N) is 5. The minimum Gasteiger partial charge on any atom is -0.309 e. The molecule has 3 rings (SSSR count). The molecule has 0 radical (unpaired) electrons. The Bertz CT molecular complexity index is 786. The Labute approximate surface area is 145 Å². The van der Waals surface area contributed by atoms with E-state index in [1.54, 1.807) is 48.0 Å². The number of pyridine rings is 1. The van der Waals surface area contributed by atoms with Crippen molar-refractivity contribution in [1.82, 2.24) is 24.5 Å². The summed E-state index contributed by atoms with van der Waals surface area (Å²) < 4.78 is 27.0. The first-order valence-corrected chi connectivity index (χ1v) is 9.75. The van der Waals surface area contributed by atoms with Crippen LogP contribution in [0, 0.1) is 0 Å². The van der Waals surface area contributed by atoms with Gasteiger partial charge in [0.15, 0.2) is 11.6 Å².